The molecule has 5 nitrogen and oxygen atoms in total. The lowest BCUT2D eigenvalue weighted by Crippen LogP contribution is -2.03. The first-order chi connectivity index (χ1) is 11.7. The molecular formula is C19H20O5. The van der Waals surface area contributed by atoms with Gasteiger partial charge in [-0.2, -0.15) is 0 Å². The maximum absolute atomic E-state index is 11.9. The van der Waals surface area contributed by atoms with Crippen molar-refractivity contribution in [1.29, 1.82) is 0 Å². The number of carbonyl (C=O) groups is 1. The van der Waals surface area contributed by atoms with Gasteiger partial charge in [0, 0.05) is 6.08 Å². The van der Waals surface area contributed by atoms with Gasteiger partial charge in [-0.3, -0.25) is 0 Å². The zero-order valence-corrected chi connectivity index (χ0v) is 13.9. The smallest absolute Gasteiger partial charge is 0.336 e. The van der Waals surface area contributed by atoms with Gasteiger partial charge in [0.2, 0.25) is 0 Å². The summed E-state index contributed by atoms with van der Waals surface area (Å²) >= 11 is 0. The normalized spacial score (nSPS) is 10.5. The van der Waals surface area contributed by atoms with Crippen molar-refractivity contribution < 1.29 is 23.7 Å². The van der Waals surface area contributed by atoms with Crippen LogP contribution in [0.5, 0.6) is 23.0 Å². The lowest BCUT2D eigenvalue weighted by Gasteiger charge is -2.09. The van der Waals surface area contributed by atoms with E-state index in [1.165, 1.54) is 6.08 Å². The molecule has 0 aliphatic heterocycles. The molecule has 5 heteroatoms. The molecule has 0 radical (unpaired) electrons. The molecule has 0 atom stereocenters. The summed E-state index contributed by atoms with van der Waals surface area (Å²) in [5, 5.41) is 0. The fourth-order valence-corrected chi connectivity index (χ4v) is 2.02. The number of carbonyl (C=O) groups excluding carboxylic acids is 1. The highest BCUT2D eigenvalue weighted by Crippen LogP contribution is 2.28. The van der Waals surface area contributed by atoms with Gasteiger partial charge in [0.1, 0.15) is 11.5 Å². The summed E-state index contributed by atoms with van der Waals surface area (Å²) in [5.41, 5.74) is 0.807. The van der Waals surface area contributed by atoms with E-state index in [4.69, 9.17) is 18.9 Å². The second kappa shape index (κ2) is 8.62. The van der Waals surface area contributed by atoms with E-state index in [2.05, 4.69) is 0 Å². The van der Waals surface area contributed by atoms with Crippen molar-refractivity contribution in [2.24, 2.45) is 0 Å². The third-order valence-electron chi connectivity index (χ3n) is 3.18. The number of hydrogen-bond donors (Lipinski definition) is 0. The molecule has 0 saturated carbocycles. The van der Waals surface area contributed by atoms with Gasteiger partial charge in [0.05, 0.1) is 20.8 Å². The molecule has 0 N–H and O–H groups in total. The Hall–Kier alpha value is -2.95. The van der Waals surface area contributed by atoms with Gasteiger partial charge in [-0.05, 0) is 55.0 Å². The number of ether oxygens (including phenoxy) is 4. The lowest BCUT2D eigenvalue weighted by atomic mass is 10.2. The van der Waals surface area contributed by atoms with E-state index < -0.39 is 5.97 Å². The molecule has 0 aliphatic carbocycles. The Kier molecular flexibility index (Phi) is 6.25. The monoisotopic (exact) mass is 328 g/mol. The highest BCUT2D eigenvalue weighted by atomic mass is 16.5. The topological polar surface area (TPSA) is 54.0 Å². The second-order valence-corrected chi connectivity index (χ2v) is 4.77. The number of hydrogen-bond acceptors (Lipinski definition) is 5. The van der Waals surface area contributed by atoms with Crippen LogP contribution in [0.4, 0.5) is 0 Å². The van der Waals surface area contributed by atoms with Crippen molar-refractivity contribution in [2.45, 2.75) is 6.92 Å². The molecule has 2 aromatic carbocycles. The van der Waals surface area contributed by atoms with Crippen LogP contribution in [0.1, 0.15) is 12.5 Å². The zero-order chi connectivity index (χ0) is 17.4. The minimum atomic E-state index is -0.465. The van der Waals surface area contributed by atoms with Crippen molar-refractivity contribution in [1.82, 2.24) is 0 Å². The highest BCUT2D eigenvalue weighted by molar-refractivity contribution is 5.88. The molecule has 0 bridgehead atoms. The van der Waals surface area contributed by atoms with Gasteiger partial charge in [0.25, 0.3) is 0 Å². The first-order valence-electron chi connectivity index (χ1n) is 7.51. The Morgan fingerprint density at radius 1 is 0.958 bits per heavy atom. The summed E-state index contributed by atoms with van der Waals surface area (Å²) in [6.07, 6.45) is 3.02. The van der Waals surface area contributed by atoms with E-state index >= 15 is 0 Å². The summed E-state index contributed by atoms with van der Waals surface area (Å²) in [5.74, 6) is 1.97. The summed E-state index contributed by atoms with van der Waals surface area (Å²) in [4.78, 5) is 11.9. The van der Waals surface area contributed by atoms with Crippen molar-refractivity contribution >= 4 is 12.0 Å². The third kappa shape index (κ3) is 4.78. The van der Waals surface area contributed by atoms with Crippen molar-refractivity contribution in [2.75, 3.05) is 20.8 Å². The average molecular weight is 328 g/mol. The Morgan fingerprint density at radius 3 is 2.29 bits per heavy atom. The van der Waals surface area contributed by atoms with Crippen LogP contribution in [0.25, 0.3) is 6.08 Å². The fourth-order valence-electron chi connectivity index (χ4n) is 2.02. The molecule has 0 aliphatic rings. The van der Waals surface area contributed by atoms with Gasteiger partial charge >= 0.3 is 5.97 Å². The summed E-state index contributed by atoms with van der Waals surface area (Å²) < 4.78 is 21.0. The first-order valence-corrected chi connectivity index (χ1v) is 7.51. The molecule has 0 saturated heterocycles. The van der Waals surface area contributed by atoms with Crippen LogP contribution in [0.15, 0.2) is 48.5 Å². The summed E-state index contributed by atoms with van der Waals surface area (Å²) in [7, 11) is 3.15. The van der Waals surface area contributed by atoms with Crippen molar-refractivity contribution in [3.05, 3.63) is 54.1 Å². The van der Waals surface area contributed by atoms with Gasteiger partial charge in [0.15, 0.2) is 11.5 Å². The van der Waals surface area contributed by atoms with Gasteiger partial charge in [-0.15, -0.1) is 0 Å². The molecule has 2 aromatic rings. The second-order valence-electron chi connectivity index (χ2n) is 4.77. The van der Waals surface area contributed by atoms with E-state index in [0.29, 0.717) is 29.6 Å². The quantitative estimate of drug-likeness (QED) is 0.440. The predicted molar refractivity (Wildman–Crippen MR) is 91.8 cm³/mol. The van der Waals surface area contributed by atoms with Crippen LogP contribution in [0.2, 0.25) is 0 Å². The summed E-state index contributed by atoms with van der Waals surface area (Å²) in [6.45, 7) is 2.46. The molecule has 0 aromatic heterocycles. The highest BCUT2D eigenvalue weighted by Gasteiger charge is 2.05. The molecule has 126 valence electrons. The van der Waals surface area contributed by atoms with Gasteiger partial charge < -0.3 is 18.9 Å². The standard InChI is InChI=1S/C19H20O5/c1-4-23-17-11-5-14(13-18(17)22-3)6-12-19(20)24-16-9-7-15(21-2)8-10-16/h5-13H,4H2,1-3H3/b12-6+. The van der Waals surface area contributed by atoms with E-state index in [1.807, 2.05) is 13.0 Å². The van der Waals surface area contributed by atoms with E-state index in [9.17, 15) is 4.79 Å². The molecule has 0 spiro atoms. The maximum Gasteiger partial charge on any atom is 0.336 e. The van der Waals surface area contributed by atoms with Gasteiger partial charge in [-0.1, -0.05) is 6.07 Å². The number of esters is 1. The zero-order valence-electron chi connectivity index (χ0n) is 13.9. The Morgan fingerprint density at radius 2 is 1.67 bits per heavy atom. The van der Waals surface area contributed by atoms with Crippen molar-refractivity contribution in [3.63, 3.8) is 0 Å². The fraction of sp³-hybridized carbons (Fsp3) is 0.211. The van der Waals surface area contributed by atoms with E-state index in [1.54, 1.807) is 56.7 Å². The SMILES string of the molecule is CCOc1ccc(/C=C/C(=O)Oc2ccc(OC)cc2)cc1OC. The van der Waals surface area contributed by atoms with Crippen LogP contribution in [0.3, 0.4) is 0 Å². The van der Waals surface area contributed by atoms with E-state index in [-0.39, 0.29) is 0 Å². The Balaban J connectivity index is 2.02. The lowest BCUT2D eigenvalue weighted by molar-refractivity contribution is -0.128. The molecule has 0 unspecified atom stereocenters. The third-order valence-corrected chi connectivity index (χ3v) is 3.18. The van der Waals surface area contributed by atoms with E-state index in [0.717, 1.165) is 5.56 Å². The minimum Gasteiger partial charge on any atom is -0.497 e. The largest absolute Gasteiger partial charge is 0.497 e. The molecule has 24 heavy (non-hydrogen) atoms. The van der Waals surface area contributed by atoms with Crippen LogP contribution >= 0.6 is 0 Å². The Labute approximate surface area is 141 Å². The van der Waals surface area contributed by atoms with Crippen LogP contribution < -0.4 is 18.9 Å². The molecule has 0 amide bonds. The molecular weight excluding hydrogens is 308 g/mol. The minimum absolute atomic E-state index is 0.453. The maximum atomic E-state index is 11.9. The van der Waals surface area contributed by atoms with Crippen LogP contribution in [-0.2, 0) is 4.79 Å². The van der Waals surface area contributed by atoms with Gasteiger partial charge in [-0.25, -0.2) is 4.79 Å². The molecule has 2 rings (SSSR count). The number of methoxy groups -OCH3 is 2. The Bertz CT molecular complexity index is 704. The van der Waals surface area contributed by atoms with Crippen LogP contribution in [0, 0.1) is 0 Å². The molecule has 0 fully saturated rings. The van der Waals surface area contributed by atoms with Crippen molar-refractivity contribution in [3.8, 4) is 23.0 Å². The number of rotatable bonds is 7. The average Bonchev–Trinajstić information content (AvgIpc) is 2.61. The number of benzene rings is 2. The molecule has 0 heterocycles. The first kappa shape index (κ1) is 17.4. The predicted octanol–water partition coefficient (Wildman–Crippen LogP) is 3.72. The summed E-state index contributed by atoms with van der Waals surface area (Å²) in [6, 6.07) is 12.2. The van der Waals surface area contributed by atoms with Crippen LogP contribution in [-0.4, -0.2) is 26.8 Å².